The minimum absolute atomic E-state index is 0.0415. The minimum atomic E-state index is -0.303. The maximum absolute atomic E-state index is 13.0. The number of fused-ring (bicyclic) bond motifs is 1. The second kappa shape index (κ2) is 8.49. The average molecular weight is 393 g/mol. The number of rotatable bonds is 6. The fourth-order valence-corrected chi connectivity index (χ4v) is 3.37. The summed E-state index contributed by atoms with van der Waals surface area (Å²) in [5.74, 6) is 0.0587. The number of hydrogen-bond donors (Lipinski definition) is 1. The van der Waals surface area contributed by atoms with Gasteiger partial charge >= 0.3 is 0 Å². The van der Waals surface area contributed by atoms with E-state index in [4.69, 9.17) is 13.9 Å². The second-order valence-electron chi connectivity index (χ2n) is 7.18. The van der Waals surface area contributed by atoms with Crippen molar-refractivity contribution in [2.24, 2.45) is 0 Å². The van der Waals surface area contributed by atoms with Crippen molar-refractivity contribution in [3.63, 3.8) is 0 Å². The number of amides is 1. The van der Waals surface area contributed by atoms with Gasteiger partial charge in [0.1, 0.15) is 5.58 Å². The Hall–Kier alpha value is -3.12. The Morgan fingerprint density at radius 3 is 2.72 bits per heavy atom. The number of carbonyl (C=O) groups excluding carboxylic acids is 1. The van der Waals surface area contributed by atoms with Gasteiger partial charge in [-0.15, -0.1) is 0 Å². The van der Waals surface area contributed by atoms with E-state index in [9.17, 15) is 9.59 Å². The van der Waals surface area contributed by atoms with E-state index >= 15 is 0 Å². The monoisotopic (exact) mass is 393 g/mol. The molecule has 1 aliphatic heterocycles. The summed E-state index contributed by atoms with van der Waals surface area (Å²) >= 11 is 0. The van der Waals surface area contributed by atoms with Crippen LogP contribution in [0.2, 0.25) is 0 Å². The molecule has 1 unspecified atom stereocenters. The zero-order valence-corrected chi connectivity index (χ0v) is 16.3. The van der Waals surface area contributed by atoms with E-state index in [1.807, 2.05) is 37.3 Å². The van der Waals surface area contributed by atoms with E-state index in [2.05, 4.69) is 5.32 Å². The Kier molecular flexibility index (Phi) is 5.62. The lowest BCUT2D eigenvalue weighted by atomic mass is 10.1. The molecule has 150 valence electrons. The van der Waals surface area contributed by atoms with Gasteiger partial charge in [-0.1, -0.05) is 42.0 Å². The van der Waals surface area contributed by atoms with Gasteiger partial charge in [0.2, 0.25) is 11.2 Å². The molecule has 6 heteroatoms. The Labute approximate surface area is 168 Å². The molecule has 0 radical (unpaired) electrons. The predicted molar refractivity (Wildman–Crippen MR) is 110 cm³/mol. The molecule has 2 aromatic carbocycles. The zero-order chi connectivity index (χ0) is 20.2. The standard InChI is InChI=1S/C23H23NO5/c1-15-8-10-16(11-9-15)22-23(21(26)18-6-2-3-7-19(18)29-22)28-14-20(25)24-13-17-5-4-12-27-17/h2-3,6-11,17H,4-5,12-14H2,1H3,(H,24,25). The second-order valence-corrected chi connectivity index (χ2v) is 7.18. The highest BCUT2D eigenvalue weighted by molar-refractivity contribution is 5.82. The highest BCUT2D eigenvalue weighted by Crippen LogP contribution is 2.31. The molecule has 1 atom stereocenters. The third kappa shape index (κ3) is 4.32. The van der Waals surface area contributed by atoms with Crippen LogP contribution in [0.5, 0.6) is 5.75 Å². The van der Waals surface area contributed by atoms with Crippen LogP contribution < -0.4 is 15.5 Å². The first-order valence-corrected chi connectivity index (χ1v) is 9.76. The van der Waals surface area contributed by atoms with Crippen LogP contribution in [0.4, 0.5) is 0 Å². The summed E-state index contributed by atoms with van der Waals surface area (Å²) in [7, 11) is 0. The van der Waals surface area contributed by atoms with Crippen molar-refractivity contribution in [3.8, 4) is 17.1 Å². The number of benzene rings is 2. The van der Waals surface area contributed by atoms with Crippen LogP contribution in [0, 0.1) is 6.92 Å². The van der Waals surface area contributed by atoms with Crippen molar-refractivity contribution < 1.29 is 18.7 Å². The molecule has 1 fully saturated rings. The molecule has 4 rings (SSSR count). The number of ether oxygens (including phenoxy) is 2. The van der Waals surface area contributed by atoms with Crippen LogP contribution >= 0.6 is 0 Å². The SMILES string of the molecule is Cc1ccc(-c2oc3ccccc3c(=O)c2OCC(=O)NCC2CCCO2)cc1. The molecule has 0 spiro atoms. The molecule has 3 aromatic rings. The summed E-state index contributed by atoms with van der Waals surface area (Å²) in [4.78, 5) is 25.2. The van der Waals surface area contributed by atoms with E-state index in [1.165, 1.54) is 0 Å². The van der Waals surface area contributed by atoms with Crippen molar-refractivity contribution >= 4 is 16.9 Å². The minimum Gasteiger partial charge on any atom is -0.476 e. The molecule has 1 aromatic heterocycles. The van der Waals surface area contributed by atoms with Crippen molar-refractivity contribution in [1.82, 2.24) is 5.32 Å². The van der Waals surface area contributed by atoms with E-state index < -0.39 is 0 Å². The Bertz CT molecular complexity index is 1060. The first-order valence-electron chi connectivity index (χ1n) is 9.76. The molecule has 2 heterocycles. The molecular weight excluding hydrogens is 370 g/mol. The number of carbonyl (C=O) groups is 1. The molecule has 1 N–H and O–H groups in total. The third-order valence-electron chi connectivity index (χ3n) is 4.97. The highest BCUT2D eigenvalue weighted by atomic mass is 16.5. The number of aryl methyl sites for hydroxylation is 1. The van der Waals surface area contributed by atoms with E-state index in [1.54, 1.807) is 18.2 Å². The number of para-hydroxylation sites is 1. The lowest BCUT2D eigenvalue weighted by Gasteiger charge is -2.13. The summed E-state index contributed by atoms with van der Waals surface area (Å²) in [5.41, 5.74) is 1.98. The highest BCUT2D eigenvalue weighted by Gasteiger charge is 2.20. The smallest absolute Gasteiger partial charge is 0.258 e. The van der Waals surface area contributed by atoms with Crippen LogP contribution in [-0.4, -0.2) is 31.8 Å². The van der Waals surface area contributed by atoms with Crippen molar-refractivity contribution in [3.05, 3.63) is 64.3 Å². The molecule has 0 aliphatic carbocycles. The van der Waals surface area contributed by atoms with Gasteiger partial charge in [-0.2, -0.15) is 0 Å². The van der Waals surface area contributed by atoms with Gasteiger partial charge in [-0.25, -0.2) is 0 Å². The van der Waals surface area contributed by atoms with E-state index in [0.29, 0.717) is 28.8 Å². The summed E-state index contributed by atoms with van der Waals surface area (Å²) in [6, 6.07) is 14.6. The van der Waals surface area contributed by atoms with Gasteiger partial charge in [0, 0.05) is 18.7 Å². The molecule has 1 saturated heterocycles. The Morgan fingerprint density at radius 1 is 1.17 bits per heavy atom. The molecule has 1 aliphatic rings. The molecular formula is C23H23NO5. The van der Waals surface area contributed by atoms with E-state index in [-0.39, 0.29) is 29.8 Å². The van der Waals surface area contributed by atoms with Gasteiger partial charge < -0.3 is 19.2 Å². The molecule has 6 nitrogen and oxygen atoms in total. The van der Waals surface area contributed by atoms with Crippen molar-refractivity contribution in [2.45, 2.75) is 25.9 Å². The predicted octanol–water partition coefficient (Wildman–Crippen LogP) is 3.44. The van der Waals surface area contributed by atoms with Crippen LogP contribution in [0.3, 0.4) is 0 Å². The lowest BCUT2D eigenvalue weighted by Crippen LogP contribution is -2.35. The Balaban J connectivity index is 1.60. The molecule has 29 heavy (non-hydrogen) atoms. The molecule has 1 amide bonds. The normalized spacial score (nSPS) is 16.1. The van der Waals surface area contributed by atoms with Gasteiger partial charge in [-0.3, -0.25) is 9.59 Å². The fraction of sp³-hybridized carbons (Fsp3) is 0.304. The van der Waals surface area contributed by atoms with Crippen LogP contribution in [0.25, 0.3) is 22.3 Å². The maximum Gasteiger partial charge on any atom is 0.258 e. The third-order valence-corrected chi connectivity index (χ3v) is 4.97. The largest absolute Gasteiger partial charge is 0.476 e. The van der Waals surface area contributed by atoms with Gasteiger partial charge in [-0.05, 0) is 31.9 Å². The topological polar surface area (TPSA) is 77.8 Å². The van der Waals surface area contributed by atoms with E-state index in [0.717, 1.165) is 25.0 Å². The molecule has 0 saturated carbocycles. The first kappa shape index (κ1) is 19.2. The summed E-state index contributed by atoms with van der Waals surface area (Å²) in [6.07, 6.45) is 2.00. The molecule has 0 bridgehead atoms. The van der Waals surface area contributed by atoms with Crippen molar-refractivity contribution in [1.29, 1.82) is 0 Å². The quantitative estimate of drug-likeness (QED) is 0.694. The van der Waals surface area contributed by atoms with Crippen molar-refractivity contribution in [2.75, 3.05) is 19.8 Å². The summed E-state index contributed by atoms with van der Waals surface area (Å²) < 4.78 is 17.2. The van der Waals surface area contributed by atoms with Gasteiger partial charge in [0.05, 0.1) is 11.5 Å². The summed E-state index contributed by atoms with van der Waals surface area (Å²) in [5, 5.41) is 3.21. The first-order chi connectivity index (χ1) is 14.1. The average Bonchev–Trinajstić information content (AvgIpc) is 3.26. The fourth-order valence-electron chi connectivity index (χ4n) is 3.37. The van der Waals surface area contributed by atoms with Crippen LogP contribution in [0.1, 0.15) is 18.4 Å². The lowest BCUT2D eigenvalue weighted by molar-refractivity contribution is -0.123. The maximum atomic E-state index is 13.0. The zero-order valence-electron chi connectivity index (χ0n) is 16.3. The van der Waals surface area contributed by atoms with Gasteiger partial charge in [0.15, 0.2) is 12.4 Å². The summed E-state index contributed by atoms with van der Waals surface area (Å²) in [6.45, 7) is 2.89. The van der Waals surface area contributed by atoms with Crippen LogP contribution in [-0.2, 0) is 9.53 Å². The Morgan fingerprint density at radius 2 is 1.97 bits per heavy atom. The number of nitrogens with one attached hydrogen (secondary N) is 1. The van der Waals surface area contributed by atoms with Gasteiger partial charge in [0.25, 0.3) is 5.91 Å². The van der Waals surface area contributed by atoms with Crippen LogP contribution in [0.15, 0.2) is 57.7 Å². The number of hydrogen-bond acceptors (Lipinski definition) is 5.